The summed E-state index contributed by atoms with van der Waals surface area (Å²) in [5.41, 5.74) is 2.24. The number of nitrogens with zero attached hydrogens (tertiary/aromatic N) is 3. The number of nitrogens with one attached hydrogen (secondary N) is 1. The lowest BCUT2D eigenvalue weighted by Gasteiger charge is -2.26. The average Bonchev–Trinajstić information content (AvgIpc) is 3.03. The van der Waals surface area contributed by atoms with Gasteiger partial charge in [-0.3, -0.25) is 0 Å². The summed E-state index contributed by atoms with van der Waals surface area (Å²) in [5.74, 6) is 1.21. The summed E-state index contributed by atoms with van der Waals surface area (Å²) in [6.45, 7) is 7.50. The second kappa shape index (κ2) is 4.35. The zero-order valence-electron chi connectivity index (χ0n) is 11.1. The van der Waals surface area contributed by atoms with E-state index in [9.17, 15) is 0 Å². The molecule has 1 N–H and O–H groups in total. The van der Waals surface area contributed by atoms with Crippen molar-refractivity contribution in [1.82, 2.24) is 19.9 Å². The molecule has 1 saturated heterocycles. The van der Waals surface area contributed by atoms with Crippen molar-refractivity contribution in [2.24, 2.45) is 0 Å². The van der Waals surface area contributed by atoms with Crippen LogP contribution in [0.3, 0.4) is 0 Å². The van der Waals surface area contributed by atoms with Crippen LogP contribution in [0.1, 0.15) is 32.5 Å². The molecule has 1 fully saturated rings. The van der Waals surface area contributed by atoms with Gasteiger partial charge in [-0.25, -0.2) is 9.97 Å². The van der Waals surface area contributed by atoms with E-state index in [-0.39, 0.29) is 5.41 Å². The van der Waals surface area contributed by atoms with Crippen molar-refractivity contribution >= 4 is 11.2 Å². The molecule has 1 aliphatic rings. The molecule has 0 amide bonds. The van der Waals surface area contributed by atoms with Gasteiger partial charge in [0.2, 0.25) is 0 Å². The van der Waals surface area contributed by atoms with Crippen molar-refractivity contribution in [3.8, 4) is 0 Å². The Morgan fingerprint density at radius 3 is 3.00 bits per heavy atom. The van der Waals surface area contributed by atoms with Crippen LogP contribution < -0.4 is 5.32 Å². The predicted octanol–water partition coefficient (Wildman–Crippen LogP) is 2.09. The van der Waals surface area contributed by atoms with Gasteiger partial charge in [-0.05, 0) is 38.4 Å². The van der Waals surface area contributed by atoms with Crippen LogP contribution in [-0.2, 0) is 12.0 Å². The molecule has 2 aromatic rings. The van der Waals surface area contributed by atoms with E-state index in [0.717, 1.165) is 37.2 Å². The first kappa shape index (κ1) is 11.7. The monoisotopic (exact) mass is 244 g/mol. The number of aromatic nitrogens is 3. The quantitative estimate of drug-likeness (QED) is 0.899. The van der Waals surface area contributed by atoms with E-state index >= 15 is 0 Å². The van der Waals surface area contributed by atoms with E-state index in [0.29, 0.717) is 0 Å². The molecule has 2 aromatic heterocycles. The van der Waals surface area contributed by atoms with Gasteiger partial charge in [0.05, 0.1) is 0 Å². The van der Waals surface area contributed by atoms with Gasteiger partial charge in [-0.15, -0.1) is 0 Å². The molecule has 4 nitrogen and oxygen atoms in total. The Morgan fingerprint density at radius 2 is 2.33 bits per heavy atom. The van der Waals surface area contributed by atoms with Crippen molar-refractivity contribution in [3.05, 3.63) is 24.2 Å². The average molecular weight is 244 g/mol. The molecule has 1 aliphatic heterocycles. The summed E-state index contributed by atoms with van der Waals surface area (Å²) < 4.78 is 2.28. The van der Waals surface area contributed by atoms with E-state index in [1.807, 2.05) is 12.3 Å². The first-order valence-corrected chi connectivity index (χ1v) is 6.83. The Kier molecular flexibility index (Phi) is 2.82. The fourth-order valence-electron chi connectivity index (χ4n) is 3.06. The number of fused-ring (bicyclic) bond motifs is 1. The van der Waals surface area contributed by atoms with Gasteiger partial charge in [0.1, 0.15) is 11.3 Å². The van der Waals surface area contributed by atoms with Crippen molar-refractivity contribution in [2.45, 2.75) is 38.6 Å². The summed E-state index contributed by atoms with van der Waals surface area (Å²) in [5, 5.41) is 3.48. The third-order valence-electron chi connectivity index (χ3n) is 4.21. The second-order valence-electron chi connectivity index (χ2n) is 5.09. The highest BCUT2D eigenvalue weighted by Gasteiger charge is 2.38. The fourth-order valence-corrected chi connectivity index (χ4v) is 3.06. The second-order valence-corrected chi connectivity index (χ2v) is 5.09. The lowest BCUT2D eigenvalue weighted by molar-refractivity contribution is 0.408. The van der Waals surface area contributed by atoms with E-state index in [4.69, 9.17) is 4.98 Å². The molecule has 0 spiro atoms. The van der Waals surface area contributed by atoms with E-state index in [1.54, 1.807) is 0 Å². The number of aryl methyl sites for hydroxylation is 1. The maximum atomic E-state index is 4.87. The Hall–Kier alpha value is -1.42. The lowest BCUT2D eigenvalue weighted by atomic mass is 9.83. The minimum absolute atomic E-state index is 0.191. The fraction of sp³-hybridized carbons (Fsp3) is 0.571. The minimum atomic E-state index is 0.191. The third-order valence-corrected chi connectivity index (χ3v) is 4.21. The smallest absolute Gasteiger partial charge is 0.159 e. The molecule has 0 aliphatic carbocycles. The molecule has 0 radical (unpaired) electrons. The number of hydrogen-bond donors (Lipinski definition) is 1. The SMILES string of the molecule is CCn1c(C2(CC)CCNC2)nc2cccnc21. The van der Waals surface area contributed by atoms with Gasteiger partial charge in [-0.2, -0.15) is 0 Å². The maximum absolute atomic E-state index is 4.87. The molecule has 96 valence electrons. The highest BCUT2D eigenvalue weighted by molar-refractivity contribution is 5.71. The summed E-state index contributed by atoms with van der Waals surface area (Å²) in [7, 11) is 0. The molecule has 4 heteroatoms. The normalized spacial score (nSPS) is 23.9. The summed E-state index contributed by atoms with van der Waals surface area (Å²) >= 11 is 0. The van der Waals surface area contributed by atoms with Gasteiger partial charge in [-0.1, -0.05) is 6.92 Å². The van der Waals surface area contributed by atoms with Crippen molar-refractivity contribution < 1.29 is 0 Å². The predicted molar refractivity (Wildman–Crippen MR) is 72.7 cm³/mol. The van der Waals surface area contributed by atoms with Crippen LogP contribution >= 0.6 is 0 Å². The zero-order chi connectivity index (χ0) is 12.6. The minimum Gasteiger partial charge on any atom is -0.316 e. The van der Waals surface area contributed by atoms with E-state index in [1.165, 1.54) is 12.2 Å². The van der Waals surface area contributed by atoms with Crippen LogP contribution in [0.15, 0.2) is 18.3 Å². The third kappa shape index (κ3) is 1.56. The van der Waals surface area contributed by atoms with Gasteiger partial charge in [0.25, 0.3) is 0 Å². The van der Waals surface area contributed by atoms with E-state index < -0.39 is 0 Å². The van der Waals surface area contributed by atoms with Crippen LogP contribution in [0.4, 0.5) is 0 Å². The number of pyridine rings is 1. The first-order chi connectivity index (χ1) is 8.80. The highest BCUT2D eigenvalue weighted by Crippen LogP contribution is 2.34. The molecule has 0 aromatic carbocycles. The molecule has 0 saturated carbocycles. The topological polar surface area (TPSA) is 42.7 Å². The Balaban J connectivity index is 2.21. The van der Waals surface area contributed by atoms with Gasteiger partial charge < -0.3 is 9.88 Å². The van der Waals surface area contributed by atoms with Gasteiger partial charge >= 0.3 is 0 Å². The highest BCUT2D eigenvalue weighted by atomic mass is 15.1. The Bertz CT molecular complexity index is 552. The number of imidazole rings is 1. The molecular weight excluding hydrogens is 224 g/mol. The lowest BCUT2D eigenvalue weighted by Crippen LogP contribution is -2.31. The first-order valence-electron chi connectivity index (χ1n) is 6.83. The molecular formula is C14H20N4. The molecule has 3 heterocycles. The van der Waals surface area contributed by atoms with Crippen molar-refractivity contribution in [2.75, 3.05) is 13.1 Å². The zero-order valence-corrected chi connectivity index (χ0v) is 11.1. The van der Waals surface area contributed by atoms with Crippen LogP contribution in [0, 0.1) is 0 Å². The van der Waals surface area contributed by atoms with Crippen LogP contribution in [0.2, 0.25) is 0 Å². The molecule has 1 atom stereocenters. The summed E-state index contributed by atoms with van der Waals surface area (Å²) in [6, 6.07) is 4.02. The van der Waals surface area contributed by atoms with Crippen molar-refractivity contribution in [3.63, 3.8) is 0 Å². The maximum Gasteiger partial charge on any atom is 0.159 e. The van der Waals surface area contributed by atoms with Gasteiger partial charge in [0, 0.05) is 24.7 Å². The van der Waals surface area contributed by atoms with Crippen LogP contribution in [0.5, 0.6) is 0 Å². The molecule has 3 rings (SSSR count). The number of hydrogen-bond acceptors (Lipinski definition) is 3. The van der Waals surface area contributed by atoms with Crippen LogP contribution in [-0.4, -0.2) is 27.6 Å². The largest absolute Gasteiger partial charge is 0.316 e. The van der Waals surface area contributed by atoms with Gasteiger partial charge in [0.15, 0.2) is 5.65 Å². The van der Waals surface area contributed by atoms with E-state index in [2.05, 4.69) is 34.8 Å². The van der Waals surface area contributed by atoms with Crippen LogP contribution in [0.25, 0.3) is 11.2 Å². The number of rotatable bonds is 3. The molecule has 0 bridgehead atoms. The Labute approximate surface area is 107 Å². The molecule has 1 unspecified atom stereocenters. The standard InChI is InChI=1S/C14H20N4/c1-3-14(7-9-15-10-14)13-17-11-6-5-8-16-12(11)18(13)4-2/h5-6,8,15H,3-4,7,9-10H2,1-2H3. The Morgan fingerprint density at radius 1 is 1.44 bits per heavy atom. The summed E-state index contributed by atoms with van der Waals surface area (Å²) in [4.78, 5) is 9.36. The summed E-state index contributed by atoms with van der Waals surface area (Å²) in [6.07, 6.45) is 4.15. The van der Waals surface area contributed by atoms with Crippen molar-refractivity contribution in [1.29, 1.82) is 0 Å². The molecule has 18 heavy (non-hydrogen) atoms.